The molecule has 1 aliphatic heterocycles. The third-order valence-corrected chi connectivity index (χ3v) is 3.55. The molecule has 2 unspecified atom stereocenters. The average molecular weight is 290 g/mol. The van der Waals surface area contributed by atoms with Crippen molar-refractivity contribution < 1.29 is 14.3 Å². The van der Waals surface area contributed by atoms with Crippen LogP contribution in [0.5, 0.6) is 0 Å². The summed E-state index contributed by atoms with van der Waals surface area (Å²) >= 11 is 0. The number of anilines is 1. The first-order chi connectivity index (χ1) is 10.0. The first kappa shape index (κ1) is 15.5. The summed E-state index contributed by atoms with van der Waals surface area (Å²) in [7, 11) is 0. The number of morpholine rings is 1. The number of benzene rings is 1. The predicted octanol–water partition coefficient (Wildman–Crippen LogP) is 1.82. The Kier molecular flexibility index (Phi) is 4.96. The molecule has 1 aliphatic rings. The van der Waals surface area contributed by atoms with Crippen LogP contribution in [0.25, 0.3) is 0 Å². The third-order valence-electron chi connectivity index (χ3n) is 3.55. The molecule has 1 heterocycles. The van der Waals surface area contributed by atoms with Gasteiger partial charge in [-0.25, -0.2) is 0 Å². The maximum absolute atomic E-state index is 12.3. The molecule has 1 N–H and O–H groups in total. The summed E-state index contributed by atoms with van der Waals surface area (Å²) in [6.07, 6.45) is 0.706. The van der Waals surface area contributed by atoms with E-state index >= 15 is 0 Å². The summed E-state index contributed by atoms with van der Waals surface area (Å²) in [5, 5.41) is 2.72. The fourth-order valence-corrected chi connectivity index (χ4v) is 2.61. The van der Waals surface area contributed by atoms with Crippen molar-refractivity contribution in [1.29, 1.82) is 0 Å². The van der Waals surface area contributed by atoms with Crippen molar-refractivity contribution in [3.05, 3.63) is 29.8 Å². The largest absolute Gasteiger partial charge is 0.372 e. The van der Waals surface area contributed by atoms with Gasteiger partial charge in [0.15, 0.2) is 0 Å². The second-order valence-electron chi connectivity index (χ2n) is 5.43. The van der Waals surface area contributed by atoms with Gasteiger partial charge < -0.3 is 15.0 Å². The van der Waals surface area contributed by atoms with Gasteiger partial charge in [0.25, 0.3) is 0 Å². The number of amides is 2. The second kappa shape index (κ2) is 6.72. The fraction of sp³-hybridized carbons (Fsp3) is 0.500. The Morgan fingerprint density at radius 3 is 2.48 bits per heavy atom. The molecule has 1 aromatic rings. The number of ether oxygens (including phenoxy) is 1. The van der Waals surface area contributed by atoms with Gasteiger partial charge in [0.2, 0.25) is 0 Å². The zero-order valence-corrected chi connectivity index (χ0v) is 12.8. The number of nitrogens with zero attached hydrogens (tertiary/aromatic N) is 1. The van der Waals surface area contributed by atoms with Gasteiger partial charge in [-0.05, 0) is 31.9 Å². The molecule has 21 heavy (non-hydrogen) atoms. The molecule has 1 fully saturated rings. The Bertz CT molecular complexity index is 520. The topological polar surface area (TPSA) is 58.6 Å². The zero-order valence-electron chi connectivity index (χ0n) is 12.8. The number of aryl methyl sites for hydroxylation is 1. The molecule has 5 heteroatoms. The third kappa shape index (κ3) is 3.82. The van der Waals surface area contributed by atoms with Crippen LogP contribution in [-0.2, 0) is 20.7 Å². The molecule has 0 saturated carbocycles. The van der Waals surface area contributed by atoms with Crippen LogP contribution in [0.2, 0.25) is 0 Å². The van der Waals surface area contributed by atoms with Crippen molar-refractivity contribution in [3.63, 3.8) is 0 Å². The normalized spacial score (nSPS) is 22.0. The van der Waals surface area contributed by atoms with Crippen LogP contribution in [0.15, 0.2) is 24.3 Å². The van der Waals surface area contributed by atoms with E-state index in [1.807, 2.05) is 45.0 Å². The minimum atomic E-state index is -0.586. The molecule has 0 aromatic heterocycles. The van der Waals surface area contributed by atoms with E-state index in [2.05, 4.69) is 5.32 Å². The average Bonchev–Trinajstić information content (AvgIpc) is 2.46. The van der Waals surface area contributed by atoms with Gasteiger partial charge in [-0.2, -0.15) is 0 Å². The summed E-state index contributed by atoms with van der Waals surface area (Å²) in [4.78, 5) is 26.0. The Morgan fingerprint density at radius 1 is 1.24 bits per heavy atom. The van der Waals surface area contributed by atoms with Gasteiger partial charge in [-0.15, -0.1) is 0 Å². The summed E-state index contributed by atoms with van der Waals surface area (Å²) < 4.78 is 5.58. The maximum Gasteiger partial charge on any atom is 0.313 e. The van der Waals surface area contributed by atoms with Crippen LogP contribution >= 0.6 is 0 Å². The van der Waals surface area contributed by atoms with Gasteiger partial charge in [-0.1, -0.05) is 25.1 Å². The summed E-state index contributed by atoms with van der Waals surface area (Å²) in [6, 6.07) is 7.52. The van der Waals surface area contributed by atoms with E-state index in [1.54, 1.807) is 4.90 Å². The molecular weight excluding hydrogens is 268 g/mol. The quantitative estimate of drug-likeness (QED) is 0.845. The highest BCUT2D eigenvalue weighted by atomic mass is 16.5. The molecular formula is C16H22N2O3. The lowest BCUT2D eigenvalue weighted by Gasteiger charge is -2.34. The molecule has 2 amide bonds. The molecule has 114 valence electrons. The van der Waals surface area contributed by atoms with Crippen molar-refractivity contribution in [2.75, 3.05) is 18.4 Å². The summed E-state index contributed by atoms with van der Waals surface area (Å²) in [5.74, 6) is -1.08. The molecule has 0 bridgehead atoms. The number of carbonyl (C=O) groups is 2. The lowest BCUT2D eigenvalue weighted by atomic mass is 10.1. The van der Waals surface area contributed by atoms with Crippen molar-refractivity contribution in [1.82, 2.24) is 4.90 Å². The molecule has 1 aromatic carbocycles. The Hall–Kier alpha value is -1.88. The first-order valence-corrected chi connectivity index (χ1v) is 7.34. The van der Waals surface area contributed by atoms with Crippen LogP contribution in [0.1, 0.15) is 26.3 Å². The van der Waals surface area contributed by atoms with E-state index in [0.29, 0.717) is 18.8 Å². The van der Waals surface area contributed by atoms with Gasteiger partial charge in [0.1, 0.15) is 0 Å². The maximum atomic E-state index is 12.3. The molecule has 1 saturated heterocycles. The Morgan fingerprint density at radius 2 is 1.86 bits per heavy atom. The van der Waals surface area contributed by atoms with Crippen molar-refractivity contribution >= 4 is 17.5 Å². The molecule has 0 spiro atoms. The summed E-state index contributed by atoms with van der Waals surface area (Å²) in [6.45, 7) is 6.72. The van der Waals surface area contributed by atoms with E-state index in [9.17, 15) is 9.59 Å². The monoisotopic (exact) mass is 290 g/mol. The van der Waals surface area contributed by atoms with E-state index in [0.717, 1.165) is 12.0 Å². The van der Waals surface area contributed by atoms with E-state index in [4.69, 9.17) is 4.74 Å². The highest BCUT2D eigenvalue weighted by Crippen LogP contribution is 2.16. The number of carbonyl (C=O) groups excluding carboxylic acids is 2. The van der Waals surface area contributed by atoms with Crippen LogP contribution in [0.4, 0.5) is 5.69 Å². The highest BCUT2D eigenvalue weighted by Gasteiger charge is 2.29. The smallest absolute Gasteiger partial charge is 0.313 e. The van der Waals surface area contributed by atoms with E-state index in [-0.39, 0.29) is 12.2 Å². The minimum absolute atomic E-state index is 0.0478. The number of para-hydroxylation sites is 1. The molecule has 2 rings (SSSR count). The number of hydrogen-bond acceptors (Lipinski definition) is 3. The number of nitrogens with one attached hydrogen (secondary N) is 1. The summed E-state index contributed by atoms with van der Waals surface area (Å²) in [5.41, 5.74) is 1.72. The molecule has 5 nitrogen and oxygen atoms in total. The Balaban J connectivity index is 2.04. The van der Waals surface area contributed by atoms with Gasteiger partial charge in [0, 0.05) is 18.8 Å². The fourth-order valence-electron chi connectivity index (χ4n) is 2.61. The van der Waals surface area contributed by atoms with E-state index in [1.165, 1.54) is 0 Å². The predicted molar refractivity (Wildman–Crippen MR) is 81.0 cm³/mol. The van der Waals surface area contributed by atoms with E-state index < -0.39 is 11.8 Å². The van der Waals surface area contributed by atoms with Crippen LogP contribution in [0, 0.1) is 0 Å². The van der Waals surface area contributed by atoms with Crippen molar-refractivity contribution in [2.45, 2.75) is 39.4 Å². The van der Waals surface area contributed by atoms with Gasteiger partial charge in [0.05, 0.1) is 12.2 Å². The lowest BCUT2D eigenvalue weighted by Crippen LogP contribution is -2.51. The number of rotatable bonds is 2. The van der Waals surface area contributed by atoms with Crippen LogP contribution in [0.3, 0.4) is 0 Å². The van der Waals surface area contributed by atoms with Crippen molar-refractivity contribution in [2.24, 2.45) is 0 Å². The van der Waals surface area contributed by atoms with Gasteiger partial charge >= 0.3 is 11.8 Å². The molecule has 0 radical (unpaired) electrons. The number of hydrogen-bond donors (Lipinski definition) is 1. The van der Waals surface area contributed by atoms with Gasteiger partial charge in [-0.3, -0.25) is 9.59 Å². The standard InChI is InChI=1S/C16H22N2O3/c1-4-13-7-5-6-8-14(13)17-15(19)16(20)18-9-11(2)21-12(3)10-18/h5-8,11-12H,4,9-10H2,1-3H3,(H,17,19). The highest BCUT2D eigenvalue weighted by molar-refractivity contribution is 6.39. The second-order valence-corrected chi connectivity index (χ2v) is 5.43. The van der Waals surface area contributed by atoms with Crippen molar-refractivity contribution in [3.8, 4) is 0 Å². The lowest BCUT2D eigenvalue weighted by molar-refractivity contribution is -0.151. The first-order valence-electron chi connectivity index (χ1n) is 7.34. The molecule has 2 atom stereocenters. The Labute approximate surface area is 125 Å². The molecule has 0 aliphatic carbocycles. The SMILES string of the molecule is CCc1ccccc1NC(=O)C(=O)N1CC(C)OC(C)C1. The zero-order chi connectivity index (χ0) is 15.4. The van der Waals surface area contributed by atoms with Crippen LogP contribution < -0.4 is 5.32 Å². The van der Waals surface area contributed by atoms with Crippen LogP contribution in [-0.4, -0.2) is 42.0 Å². The minimum Gasteiger partial charge on any atom is -0.372 e.